The topological polar surface area (TPSA) is 83.6 Å². The van der Waals surface area contributed by atoms with Gasteiger partial charge in [0, 0.05) is 11.8 Å². The molecular formula is C11H13N5O. The smallest absolute Gasteiger partial charge is 0.258 e. The number of H-pyrrole nitrogens is 1. The molecule has 0 aliphatic carbocycles. The fourth-order valence-electron chi connectivity index (χ4n) is 1.44. The molecule has 0 atom stereocenters. The maximum Gasteiger partial charge on any atom is 0.258 e. The van der Waals surface area contributed by atoms with Crippen molar-refractivity contribution >= 4 is 11.7 Å². The van der Waals surface area contributed by atoms with Gasteiger partial charge in [0.15, 0.2) is 5.82 Å². The van der Waals surface area contributed by atoms with Crippen molar-refractivity contribution in [3.8, 4) is 0 Å². The van der Waals surface area contributed by atoms with Crippen molar-refractivity contribution in [3.63, 3.8) is 0 Å². The maximum absolute atomic E-state index is 11.7. The van der Waals surface area contributed by atoms with E-state index in [4.69, 9.17) is 0 Å². The van der Waals surface area contributed by atoms with Gasteiger partial charge in [-0.15, -0.1) is 0 Å². The molecule has 2 aromatic rings. The van der Waals surface area contributed by atoms with Crippen LogP contribution in [0.2, 0.25) is 0 Å². The number of carbonyl (C=O) groups excluding carboxylic acids is 1. The summed E-state index contributed by atoms with van der Waals surface area (Å²) in [6.45, 7) is 2.09. The van der Waals surface area contributed by atoms with E-state index in [2.05, 4.69) is 32.6 Å². The van der Waals surface area contributed by atoms with Gasteiger partial charge < -0.3 is 5.32 Å². The number of rotatable bonds is 4. The van der Waals surface area contributed by atoms with E-state index in [0.717, 1.165) is 18.5 Å². The highest BCUT2D eigenvalue weighted by atomic mass is 16.1. The summed E-state index contributed by atoms with van der Waals surface area (Å²) in [5.41, 5.74) is 1.47. The second kappa shape index (κ2) is 5.20. The minimum Gasteiger partial charge on any atom is -0.305 e. The number of carbonyl (C=O) groups is 1. The fraction of sp³-hybridized carbons (Fsp3) is 0.273. The number of aromatic nitrogens is 4. The standard InChI is InChI=1S/C11H13N5O/c1-2-3-9-6-10(16-15-9)14-11(17)8-4-5-12-13-7-8/h4-7H,2-3H2,1H3,(H2,14,15,16,17). The first kappa shape index (κ1) is 11.3. The van der Waals surface area contributed by atoms with Gasteiger partial charge in [0.25, 0.3) is 5.91 Å². The van der Waals surface area contributed by atoms with Crippen LogP contribution in [0.1, 0.15) is 29.4 Å². The summed E-state index contributed by atoms with van der Waals surface area (Å²) in [7, 11) is 0. The van der Waals surface area contributed by atoms with Crippen LogP contribution in [0.5, 0.6) is 0 Å². The second-order valence-electron chi connectivity index (χ2n) is 3.61. The lowest BCUT2D eigenvalue weighted by Crippen LogP contribution is -2.12. The lowest BCUT2D eigenvalue weighted by atomic mass is 10.2. The van der Waals surface area contributed by atoms with Gasteiger partial charge in [-0.2, -0.15) is 15.3 Å². The van der Waals surface area contributed by atoms with Crippen molar-refractivity contribution < 1.29 is 4.79 Å². The first-order valence-electron chi connectivity index (χ1n) is 5.42. The summed E-state index contributed by atoms with van der Waals surface area (Å²) in [4.78, 5) is 11.7. The van der Waals surface area contributed by atoms with Crippen molar-refractivity contribution in [1.29, 1.82) is 0 Å². The molecule has 88 valence electrons. The normalized spacial score (nSPS) is 10.2. The van der Waals surface area contributed by atoms with Crippen LogP contribution in [0.25, 0.3) is 0 Å². The molecule has 0 aliphatic heterocycles. The van der Waals surface area contributed by atoms with Crippen LogP contribution in [0.3, 0.4) is 0 Å². The van der Waals surface area contributed by atoms with Gasteiger partial charge in [0.1, 0.15) is 0 Å². The van der Waals surface area contributed by atoms with Crippen molar-refractivity contribution in [2.24, 2.45) is 0 Å². The molecule has 2 aromatic heterocycles. The van der Waals surface area contributed by atoms with Gasteiger partial charge in [-0.25, -0.2) is 0 Å². The van der Waals surface area contributed by atoms with Gasteiger partial charge in [-0.05, 0) is 12.5 Å². The third-order valence-corrected chi connectivity index (χ3v) is 2.24. The first-order valence-corrected chi connectivity index (χ1v) is 5.42. The molecule has 2 N–H and O–H groups in total. The molecule has 0 spiro atoms. The van der Waals surface area contributed by atoms with E-state index in [1.165, 1.54) is 12.4 Å². The first-order chi connectivity index (χ1) is 8.29. The van der Waals surface area contributed by atoms with Crippen LogP contribution in [0, 0.1) is 0 Å². The van der Waals surface area contributed by atoms with E-state index in [9.17, 15) is 4.79 Å². The van der Waals surface area contributed by atoms with Gasteiger partial charge in [0.2, 0.25) is 0 Å². The van der Waals surface area contributed by atoms with Gasteiger partial charge >= 0.3 is 0 Å². The average Bonchev–Trinajstić information content (AvgIpc) is 2.78. The van der Waals surface area contributed by atoms with Crippen LogP contribution in [0.15, 0.2) is 24.5 Å². The Kier molecular flexibility index (Phi) is 3.44. The SMILES string of the molecule is CCCc1cc(NC(=O)c2ccnnc2)n[nH]1. The van der Waals surface area contributed by atoms with Gasteiger partial charge in [0.05, 0.1) is 18.0 Å². The third kappa shape index (κ3) is 2.87. The lowest BCUT2D eigenvalue weighted by molar-refractivity contribution is 0.102. The van der Waals surface area contributed by atoms with Crippen LogP contribution in [0.4, 0.5) is 5.82 Å². The van der Waals surface area contributed by atoms with Gasteiger partial charge in [-0.3, -0.25) is 9.89 Å². The molecular weight excluding hydrogens is 218 g/mol. The van der Waals surface area contributed by atoms with E-state index in [1.54, 1.807) is 6.07 Å². The molecule has 0 bridgehead atoms. The number of nitrogens with one attached hydrogen (secondary N) is 2. The Bertz CT molecular complexity index is 494. The quantitative estimate of drug-likeness (QED) is 0.833. The zero-order valence-electron chi connectivity index (χ0n) is 9.47. The van der Waals surface area contributed by atoms with Gasteiger partial charge in [-0.1, -0.05) is 13.3 Å². The Balaban J connectivity index is 2.03. The van der Waals surface area contributed by atoms with E-state index in [-0.39, 0.29) is 5.91 Å². The number of amides is 1. The number of aromatic amines is 1. The number of hydrogen-bond donors (Lipinski definition) is 2. The number of anilines is 1. The highest BCUT2D eigenvalue weighted by Crippen LogP contribution is 2.08. The molecule has 0 aromatic carbocycles. The summed E-state index contributed by atoms with van der Waals surface area (Å²) in [6.07, 6.45) is 4.83. The van der Waals surface area contributed by atoms with Crippen molar-refractivity contribution in [1.82, 2.24) is 20.4 Å². The average molecular weight is 231 g/mol. The van der Waals surface area contributed by atoms with E-state index in [0.29, 0.717) is 11.4 Å². The highest BCUT2D eigenvalue weighted by Gasteiger charge is 2.08. The second-order valence-corrected chi connectivity index (χ2v) is 3.61. The minimum atomic E-state index is -0.241. The molecule has 6 heteroatoms. The Hall–Kier alpha value is -2.24. The van der Waals surface area contributed by atoms with E-state index < -0.39 is 0 Å². The summed E-state index contributed by atoms with van der Waals surface area (Å²) >= 11 is 0. The van der Waals surface area contributed by atoms with Crippen LogP contribution >= 0.6 is 0 Å². The molecule has 0 radical (unpaired) electrons. The molecule has 17 heavy (non-hydrogen) atoms. The number of nitrogens with zero attached hydrogens (tertiary/aromatic N) is 3. The van der Waals surface area contributed by atoms with E-state index in [1.807, 2.05) is 6.07 Å². The van der Waals surface area contributed by atoms with Crippen LogP contribution < -0.4 is 5.32 Å². The summed E-state index contributed by atoms with van der Waals surface area (Å²) in [5.74, 6) is 0.282. The van der Waals surface area contributed by atoms with Crippen LogP contribution in [-0.4, -0.2) is 26.3 Å². The van der Waals surface area contributed by atoms with E-state index >= 15 is 0 Å². The molecule has 0 fully saturated rings. The summed E-state index contributed by atoms with van der Waals surface area (Å²) in [6, 6.07) is 3.43. The zero-order valence-corrected chi connectivity index (χ0v) is 9.47. The zero-order chi connectivity index (χ0) is 12.1. The van der Waals surface area contributed by atoms with Crippen molar-refractivity contribution in [3.05, 3.63) is 35.8 Å². The molecule has 0 unspecified atom stereocenters. The molecule has 1 amide bonds. The Labute approximate surface area is 98.5 Å². The number of aryl methyl sites for hydroxylation is 1. The predicted octanol–water partition coefficient (Wildman–Crippen LogP) is 1.40. The molecule has 2 rings (SSSR count). The Morgan fingerprint density at radius 2 is 2.35 bits per heavy atom. The summed E-state index contributed by atoms with van der Waals surface area (Å²) in [5, 5.41) is 16.8. The van der Waals surface area contributed by atoms with Crippen molar-refractivity contribution in [2.75, 3.05) is 5.32 Å². The molecule has 0 saturated heterocycles. The maximum atomic E-state index is 11.7. The summed E-state index contributed by atoms with van der Waals surface area (Å²) < 4.78 is 0. The Morgan fingerprint density at radius 1 is 1.47 bits per heavy atom. The Morgan fingerprint density at radius 3 is 3.06 bits per heavy atom. The molecule has 2 heterocycles. The molecule has 0 aliphatic rings. The highest BCUT2D eigenvalue weighted by molar-refractivity contribution is 6.03. The fourth-order valence-corrected chi connectivity index (χ4v) is 1.44. The van der Waals surface area contributed by atoms with Crippen molar-refractivity contribution in [2.45, 2.75) is 19.8 Å². The van der Waals surface area contributed by atoms with Crippen LogP contribution in [-0.2, 0) is 6.42 Å². The molecule has 0 saturated carbocycles. The largest absolute Gasteiger partial charge is 0.305 e. The third-order valence-electron chi connectivity index (χ3n) is 2.24. The molecule has 6 nitrogen and oxygen atoms in total. The number of hydrogen-bond acceptors (Lipinski definition) is 4. The minimum absolute atomic E-state index is 0.241. The monoisotopic (exact) mass is 231 g/mol. The predicted molar refractivity (Wildman–Crippen MR) is 62.6 cm³/mol. The lowest BCUT2D eigenvalue weighted by Gasteiger charge is -1.99.